The van der Waals surface area contributed by atoms with Crippen LogP contribution in [0.3, 0.4) is 0 Å². The van der Waals surface area contributed by atoms with Crippen LogP contribution in [-0.4, -0.2) is 30.9 Å². The second-order valence-corrected chi connectivity index (χ2v) is 8.00. The van der Waals surface area contributed by atoms with Gasteiger partial charge in [-0.15, -0.1) is 11.3 Å². The van der Waals surface area contributed by atoms with Crippen molar-refractivity contribution in [2.45, 2.75) is 12.8 Å². The van der Waals surface area contributed by atoms with Crippen molar-refractivity contribution >= 4 is 62.2 Å². The van der Waals surface area contributed by atoms with Crippen LogP contribution < -0.4 is 10.2 Å². The van der Waals surface area contributed by atoms with Gasteiger partial charge in [-0.2, -0.15) is 0 Å². The van der Waals surface area contributed by atoms with Gasteiger partial charge in [0.2, 0.25) is 5.91 Å². The number of nitrogens with one attached hydrogen (secondary N) is 1. The topological polar surface area (TPSA) is 75.7 Å². The van der Waals surface area contributed by atoms with Crippen molar-refractivity contribution in [2.75, 3.05) is 23.4 Å². The molecule has 0 aliphatic carbocycles. The maximum Gasteiger partial charge on any atom is 0.350 e. The van der Waals surface area contributed by atoms with E-state index in [4.69, 9.17) is 16.3 Å². The minimum atomic E-state index is -0.636. The lowest BCUT2D eigenvalue weighted by molar-refractivity contribution is -0.119. The molecule has 2 heterocycles. The molecule has 0 saturated carbocycles. The average Bonchev–Trinajstić information content (AvgIpc) is 3.30. The van der Waals surface area contributed by atoms with Gasteiger partial charge in [0, 0.05) is 34.4 Å². The van der Waals surface area contributed by atoms with Crippen LogP contribution >= 0.6 is 22.9 Å². The van der Waals surface area contributed by atoms with E-state index < -0.39 is 18.5 Å². The van der Waals surface area contributed by atoms with E-state index in [1.807, 2.05) is 30.3 Å². The summed E-state index contributed by atoms with van der Waals surface area (Å²) >= 11 is 7.49. The van der Waals surface area contributed by atoms with Crippen LogP contribution in [0.1, 0.15) is 22.5 Å². The van der Waals surface area contributed by atoms with E-state index in [1.54, 1.807) is 23.1 Å². The lowest BCUT2D eigenvalue weighted by Crippen LogP contribution is -2.24. The van der Waals surface area contributed by atoms with Gasteiger partial charge < -0.3 is 15.0 Å². The molecule has 29 heavy (non-hydrogen) atoms. The standard InChI is InChI=1S/C21H17ClN2O4S/c22-19-15-7-1-2-8-16(15)29-20(19)21(27)28-12-17(25)23-13-5-3-6-14(11-13)24-10-4-9-18(24)26/h1-3,5-8,11H,4,9-10,12H2,(H,23,25). The van der Waals surface area contributed by atoms with E-state index >= 15 is 0 Å². The first-order chi connectivity index (χ1) is 14.0. The Morgan fingerprint density at radius 1 is 1.17 bits per heavy atom. The molecule has 1 aliphatic rings. The molecule has 2 aromatic carbocycles. The Kier molecular flexibility index (Phi) is 5.51. The van der Waals surface area contributed by atoms with Gasteiger partial charge in [0.05, 0.1) is 5.02 Å². The summed E-state index contributed by atoms with van der Waals surface area (Å²) in [5, 5.41) is 3.80. The molecule has 2 amide bonds. The first-order valence-electron chi connectivity index (χ1n) is 9.07. The summed E-state index contributed by atoms with van der Waals surface area (Å²) in [5.74, 6) is -1.04. The van der Waals surface area contributed by atoms with Gasteiger partial charge in [-0.1, -0.05) is 35.9 Å². The maximum atomic E-state index is 12.3. The molecule has 3 aromatic rings. The minimum absolute atomic E-state index is 0.0719. The summed E-state index contributed by atoms with van der Waals surface area (Å²) in [6, 6.07) is 14.4. The SMILES string of the molecule is O=C(COC(=O)c1sc2ccccc2c1Cl)Nc1cccc(N2CCCC2=O)c1. The maximum absolute atomic E-state index is 12.3. The number of halogens is 1. The molecule has 148 valence electrons. The van der Waals surface area contributed by atoms with Gasteiger partial charge in [0.1, 0.15) is 4.88 Å². The number of hydrogen-bond acceptors (Lipinski definition) is 5. The Morgan fingerprint density at radius 3 is 2.76 bits per heavy atom. The molecular weight excluding hydrogens is 412 g/mol. The first-order valence-corrected chi connectivity index (χ1v) is 10.3. The third-order valence-corrected chi connectivity index (χ3v) is 6.23. The number of esters is 1. The molecular formula is C21H17ClN2O4S. The lowest BCUT2D eigenvalue weighted by Gasteiger charge is -2.16. The van der Waals surface area contributed by atoms with Crippen LogP contribution in [0.15, 0.2) is 48.5 Å². The molecule has 1 fully saturated rings. The summed E-state index contributed by atoms with van der Waals surface area (Å²) in [4.78, 5) is 38.4. The number of carbonyl (C=O) groups is 3. The van der Waals surface area contributed by atoms with E-state index in [-0.39, 0.29) is 10.8 Å². The fourth-order valence-corrected chi connectivity index (χ4v) is 4.61. The van der Waals surface area contributed by atoms with E-state index in [1.165, 1.54) is 11.3 Å². The van der Waals surface area contributed by atoms with Crippen molar-refractivity contribution < 1.29 is 19.1 Å². The molecule has 1 aliphatic heterocycles. The van der Waals surface area contributed by atoms with Crippen molar-refractivity contribution in [2.24, 2.45) is 0 Å². The number of thiophene rings is 1. The summed E-state index contributed by atoms with van der Waals surface area (Å²) in [5.41, 5.74) is 1.27. The highest BCUT2D eigenvalue weighted by atomic mass is 35.5. The zero-order valence-electron chi connectivity index (χ0n) is 15.3. The smallest absolute Gasteiger partial charge is 0.350 e. The van der Waals surface area contributed by atoms with Crippen LogP contribution in [0, 0.1) is 0 Å². The van der Waals surface area contributed by atoms with Crippen LogP contribution in [0.2, 0.25) is 5.02 Å². The third kappa shape index (κ3) is 4.11. The van der Waals surface area contributed by atoms with Crippen molar-refractivity contribution in [3.05, 3.63) is 58.4 Å². The van der Waals surface area contributed by atoms with Gasteiger partial charge in [0.25, 0.3) is 5.91 Å². The molecule has 0 spiro atoms. The molecule has 0 unspecified atom stereocenters. The van der Waals surface area contributed by atoms with Crippen molar-refractivity contribution in [1.82, 2.24) is 0 Å². The molecule has 1 saturated heterocycles. The minimum Gasteiger partial charge on any atom is -0.451 e. The molecule has 0 radical (unpaired) electrons. The van der Waals surface area contributed by atoms with Crippen LogP contribution in [0.25, 0.3) is 10.1 Å². The van der Waals surface area contributed by atoms with E-state index in [0.29, 0.717) is 23.7 Å². The lowest BCUT2D eigenvalue weighted by atomic mass is 10.2. The number of anilines is 2. The largest absolute Gasteiger partial charge is 0.451 e. The quantitative estimate of drug-likeness (QED) is 0.608. The number of benzene rings is 2. The zero-order valence-corrected chi connectivity index (χ0v) is 16.9. The van der Waals surface area contributed by atoms with E-state index in [0.717, 1.165) is 22.2 Å². The Labute approximate surface area is 176 Å². The number of ether oxygens (including phenoxy) is 1. The second-order valence-electron chi connectivity index (χ2n) is 6.56. The van der Waals surface area contributed by atoms with E-state index in [2.05, 4.69) is 5.32 Å². The molecule has 1 aromatic heterocycles. The highest BCUT2D eigenvalue weighted by molar-refractivity contribution is 7.21. The van der Waals surface area contributed by atoms with Gasteiger partial charge in [-0.05, 0) is 30.7 Å². The van der Waals surface area contributed by atoms with Crippen LogP contribution in [0.5, 0.6) is 0 Å². The Bertz CT molecular complexity index is 1110. The molecule has 8 heteroatoms. The Balaban J connectivity index is 1.38. The molecule has 6 nitrogen and oxygen atoms in total. The van der Waals surface area contributed by atoms with Crippen molar-refractivity contribution in [3.63, 3.8) is 0 Å². The molecule has 0 atom stereocenters. The van der Waals surface area contributed by atoms with Crippen molar-refractivity contribution in [3.8, 4) is 0 Å². The molecule has 4 rings (SSSR count). The highest BCUT2D eigenvalue weighted by Gasteiger charge is 2.22. The number of rotatable bonds is 5. The average molecular weight is 429 g/mol. The van der Waals surface area contributed by atoms with Gasteiger partial charge in [-0.3, -0.25) is 9.59 Å². The number of fused-ring (bicyclic) bond motifs is 1. The summed E-state index contributed by atoms with van der Waals surface area (Å²) in [6.45, 7) is 0.236. The van der Waals surface area contributed by atoms with Gasteiger partial charge >= 0.3 is 5.97 Å². The van der Waals surface area contributed by atoms with Gasteiger partial charge in [0.15, 0.2) is 6.61 Å². The predicted molar refractivity (Wildman–Crippen MR) is 114 cm³/mol. The van der Waals surface area contributed by atoms with E-state index in [9.17, 15) is 14.4 Å². The number of carbonyl (C=O) groups excluding carboxylic acids is 3. The summed E-state index contributed by atoms with van der Waals surface area (Å²) in [7, 11) is 0. The monoisotopic (exact) mass is 428 g/mol. The number of nitrogens with zero attached hydrogens (tertiary/aromatic N) is 1. The number of amides is 2. The fraction of sp³-hybridized carbons (Fsp3) is 0.190. The Morgan fingerprint density at radius 2 is 2.00 bits per heavy atom. The highest BCUT2D eigenvalue weighted by Crippen LogP contribution is 2.35. The third-order valence-electron chi connectivity index (χ3n) is 4.57. The summed E-state index contributed by atoms with van der Waals surface area (Å²) in [6.07, 6.45) is 1.36. The molecule has 0 bridgehead atoms. The van der Waals surface area contributed by atoms with Crippen molar-refractivity contribution in [1.29, 1.82) is 0 Å². The second kappa shape index (κ2) is 8.23. The first kappa shape index (κ1) is 19.4. The normalized spacial score (nSPS) is 13.7. The predicted octanol–water partition coefficient (Wildman–Crippen LogP) is 4.48. The fourth-order valence-electron chi connectivity index (χ4n) is 3.21. The van der Waals surface area contributed by atoms with Gasteiger partial charge in [-0.25, -0.2) is 4.79 Å². The van der Waals surface area contributed by atoms with Crippen LogP contribution in [-0.2, 0) is 14.3 Å². The summed E-state index contributed by atoms with van der Waals surface area (Å²) < 4.78 is 6.01. The van der Waals surface area contributed by atoms with Crippen LogP contribution in [0.4, 0.5) is 11.4 Å². The molecule has 1 N–H and O–H groups in total. The zero-order chi connectivity index (χ0) is 20.4. The Hall–Kier alpha value is -2.90. The number of hydrogen-bond donors (Lipinski definition) is 1.